The molecule has 0 radical (unpaired) electrons. The molecule has 79 heavy (non-hydrogen) atoms. The van der Waals surface area contributed by atoms with Crippen LogP contribution in [0, 0.1) is 0 Å². The van der Waals surface area contributed by atoms with E-state index in [4.69, 9.17) is 37.1 Å². The van der Waals surface area contributed by atoms with E-state index < -0.39 is 6.10 Å². The van der Waals surface area contributed by atoms with Crippen LogP contribution in [0.25, 0.3) is 0 Å². The van der Waals surface area contributed by atoms with Crippen molar-refractivity contribution in [2.75, 3.05) is 62.4 Å². The SMILES string of the molecule is CCCCCCCCC(CCCCCCCCC(=O)OCC(COC(=O)CCCCCCCCC(CCC(CCCCC)SCCN)SCCN)OC(=O)CCCCCCC/C=C\CCC(CCCCC)SCCN)SCCN. The first-order chi connectivity index (χ1) is 38.8. The molecule has 5 atom stereocenters. The molecule has 0 aliphatic rings. The number of unbranched alkanes of at least 4 members (excludes halogenated alkanes) is 24. The summed E-state index contributed by atoms with van der Waals surface area (Å²) in [6.45, 7) is 9.62. The van der Waals surface area contributed by atoms with E-state index in [-0.39, 0.29) is 31.1 Å². The van der Waals surface area contributed by atoms with Gasteiger partial charge in [-0.25, -0.2) is 0 Å². The van der Waals surface area contributed by atoms with Crippen LogP contribution in [0.15, 0.2) is 12.2 Å². The van der Waals surface area contributed by atoms with Gasteiger partial charge in [-0.2, -0.15) is 47.0 Å². The topological polar surface area (TPSA) is 183 Å². The second-order valence-corrected chi connectivity index (χ2v) is 28.0. The van der Waals surface area contributed by atoms with Crippen molar-refractivity contribution in [2.24, 2.45) is 22.9 Å². The van der Waals surface area contributed by atoms with Crippen LogP contribution in [0.4, 0.5) is 0 Å². The number of hydrogen-bond donors (Lipinski definition) is 4. The number of thioether (sulfide) groups is 4. The lowest BCUT2D eigenvalue weighted by molar-refractivity contribution is -0.167. The minimum Gasteiger partial charge on any atom is -0.462 e. The van der Waals surface area contributed by atoms with Crippen LogP contribution in [0.3, 0.4) is 0 Å². The molecule has 5 unspecified atom stereocenters. The van der Waals surface area contributed by atoms with Crippen LogP contribution in [0.1, 0.15) is 290 Å². The number of allylic oxidation sites excluding steroid dienone is 2. The molecule has 14 heteroatoms. The van der Waals surface area contributed by atoms with Gasteiger partial charge in [0.1, 0.15) is 13.2 Å². The van der Waals surface area contributed by atoms with Gasteiger partial charge in [-0.1, -0.05) is 193 Å². The molecule has 0 aromatic rings. The van der Waals surface area contributed by atoms with E-state index in [1.807, 2.05) is 11.8 Å². The molecule has 0 saturated carbocycles. The fourth-order valence-electron chi connectivity index (χ4n) is 10.1. The smallest absolute Gasteiger partial charge is 0.306 e. The summed E-state index contributed by atoms with van der Waals surface area (Å²) in [5, 5.41) is 2.84. The van der Waals surface area contributed by atoms with Gasteiger partial charge in [-0.15, -0.1) is 0 Å². The highest BCUT2D eigenvalue weighted by Gasteiger charge is 2.20. The molecule has 0 aromatic heterocycles. The molecule has 0 saturated heterocycles. The highest BCUT2D eigenvalue weighted by atomic mass is 32.2. The standard InChI is InChI=1S/C65H128N4O6S4/c1-4-7-10-11-21-30-40-60(77-53-49-67)41-32-23-17-19-25-34-43-63(70)73-56-58(75-65(72)45-36-27-16-14-12-13-15-22-31-39-59(76-52-48-66)37-28-8-5-2)57-74-64(71)44-35-26-20-18-24-33-42-62(79-55-51-69)47-46-61(78-54-50-68)38-29-9-6-3/h15,22,58-62H,4-14,16-21,23-57,66-69H2,1-3H3/b22-15-. The molecule has 0 aromatic carbocycles. The molecular weight excluding hydrogens is 1060 g/mol. The number of carbonyl (C=O) groups is 3. The molecule has 0 bridgehead atoms. The van der Waals surface area contributed by atoms with Gasteiger partial charge in [0.05, 0.1) is 0 Å². The van der Waals surface area contributed by atoms with E-state index in [9.17, 15) is 14.4 Å². The molecular formula is C65H128N4O6S4. The molecule has 10 nitrogen and oxygen atoms in total. The van der Waals surface area contributed by atoms with Crippen LogP contribution >= 0.6 is 47.0 Å². The van der Waals surface area contributed by atoms with Crippen molar-refractivity contribution < 1.29 is 28.6 Å². The molecule has 468 valence electrons. The molecule has 0 aliphatic carbocycles. The van der Waals surface area contributed by atoms with Gasteiger partial charge >= 0.3 is 17.9 Å². The average molecular weight is 1190 g/mol. The Kier molecular flexibility index (Phi) is 62.9. The maximum absolute atomic E-state index is 13.1. The number of carbonyl (C=O) groups excluding carboxylic acids is 3. The summed E-state index contributed by atoms with van der Waals surface area (Å²) in [7, 11) is 0. The summed E-state index contributed by atoms with van der Waals surface area (Å²) in [4.78, 5) is 38.8. The quantitative estimate of drug-likeness (QED) is 0.0195. The summed E-state index contributed by atoms with van der Waals surface area (Å²) in [6, 6.07) is 0. The Hall–Kier alpha value is -0.610. The number of esters is 3. The molecule has 0 spiro atoms. The predicted octanol–water partition coefficient (Wildman–Crippen LogP) is 17.2. The molecule has 0 aliphatic heterocycles. The Labute approximate surface area is 505 Å². The number of hydrogen-bond acceptors (Lipinski definition) is 14. The lowest BCUT2D eigenvalue weighted by atomic mass is 10.0. The third kappa shape index (κ3) is 56.3. The van der Waals surface area contributed by atoms with Crippen LogP contribution in [0.5, 0.6) is 0 Å². The predicted molar refractivity (Wildman–Crippen MR) is 353 cm³/mol. The van der Waals surface area contributed by atoms with Crippen LogP contribution in [-0.2, 0) is 28.6 Å². The Balaban J connectivity index is 4.87. The van der Waals surface area contributed by atoms with Gasteiger partial charge < -0.3 is 37.1 Å². The van der Waals surface area contributed by atoms with Gasteiger partial charge in [0, 0.05) is 89.5 Å². The average Bonchev–Trinajstić information content (AvgIpc) is 3.45. The highest BCUT2D eigenvalue weighted by molar-refractivity contribution is 8.00. The van der Waals surface area contributed by atoms with Crippen molar-refractivity contribution in [3.63, 3.8) is 0 Å². The van der Waals surface area contributed by atoms with Crippen molar-refractivity contribution in [1.29, 1.82) is 0 Å². The second kappa shape index (κ2) is 63.4. The van der Waals surface area contributed by atoms with E-state index in [0.29, 0.717) is 24.5 Å². The van der Waals surface area contributed by atoms with Gasteiger partial charge in [0.2, 0.25) is 0 Å². The second-order valence-electron chi connectivity index (χ2n) is 22.4. The third-order valence-electron chi connectivity index (χ3n) is 14.9. The maximum Gasteiger partial charge on any atom is 0.306 e. The zero-order valence-corrected chi connectivity index (χ0v) is 55.0. The van der Waals surface area contributed by atoms with Crippen molar-refractivity contribution >= 4 is 65.0 Å². The van der Waals surface area contributed by atoms with Crippen molar-refractivity contribution in [3.8, 4) is 0 Å². The molecule has 0 amide bonds. The number of nitrogens with two attached hydrogens (primary N) is 4. The van der Waals surface area contributed by atoms with Gasteiger partial charge in [-0.05, 0) is 89.9 Å². The normalized spacial score (nSPS) is 13.7. The van der Waals surface area contributed by atoms with E-state index >= 15 is 0 Å². The molecule has 0 heterocycles. The first-order valence-electron chi connectivity index (χ1n) is 33.2. The molecule has 8 N–H and O–H groups in total. The zero-order valence-electron chi connectivity index (χ0n) is 51.7. The minimum absolute atomic E-state index is 0.0993. The van der Waals surface area contributed by atoms with Crippen LogP contribution < -0.4 is 22.9 Å². The van der Waals surface area contributed by atoms with Gasteiger partial charge in [0.15, 0.2) is 6.10 Å². The fourth-order valence-corrected chi connectivity index (χ4v) is 14.6. The highest BCUT2D eigenvalue weighted by Crippen LogP contribution is 2.30. The number of rotatable bonds is 64. The lowest BCUT2D eigenvalue weighted by Crippen LogP contribution is -2.30. The van der Waals surface area contributed by atoms with Gasteiger partial charge in [0.25, 0.3) is 0 Å². The Morgan fingerprint density at radius 1 is 0.342 bits per heavy atom. The van der Waals surface area contributed by atoms with Gasteiger partial charge in [-0.3, -0.25) is 14.4 Å². The van der Waals surface area contributed by atoms with E-state index in [1.165, 1.54) is 167 Å². The lowest BCUT2D eigenvalue weighted by Gasteiger charge is -2.21. The van der Waals surface area contributed by atoms with Crippen LogP contribution in [-0.4, -0.2) is 107 Å². The first kappa shape index (κ1) is 78.4. The third-order valence-corrected chi connectivity index (χ3v) is 20.5. The summed E-state index contributed by atoms with van der Waals surface area (Å²) in [6.07, 6.45) is 51.2. The summed E-state index contributed by atoms with van der Waals surface area (Å²) in [5.74, 6) is 3.26. The van der Waals surface area contributed by atoms with Crippen molar-refractivity contribution in [3.05, 3.63) is 12.2 Å². The largest absolute Gasteiger partial charge is 0.462 e. The Morgan fingerprint density at radius 3 is 1.03 bits per heavy atom. The fraction of sp³-hybridized carbons (Fsp3) is 0.923. The Bertz CT molecular complexity index is 1340. The zero-order chi connectivity index (χ0) is 57.8. The van der Waals surface area contributed by atoms with E-state index in [1.54, 1.807) is 0 Å². The van der Waals surface area contributed by atoms with Crippen molar-refractivity contribution in [2.45, 2.75) is 318 Å². The molecule has 0 fully saturated rings. The number of ether oxygens (including phenoxy) is 3. The summed E-state index contributed by atoms with van der Waals surface area (Å²) < 4.78 is 17.1. The summed E-state index contributed by atoms with van der Waals surface area (Å²) in [5.41, 5.74) is 23.4. The monoisotopic (exact) mass is 1190 g/mol. The van der Waals surface area contributed by atoms with E-state index in [2.05, 4.69) is 68.2 Å². The van der Waals surface area contributed by atoms with Crippen molar-refractivity contribution in [1.82, 2.24) is 0 Å². The minimum atomic E-state index is -0.811. The van der Waals surface area contributed by atoms with Crippen LogP contribution in [0.2, 0.25) is 0 Å². The first-order valence-corrected chi connectivity index (χ1v) is 37.4. The molecule has 0 rings (SSSR count). The van der Waals surface area contributed by atoms with E-state index in [0.717, 1.165) is 148 Å². The maximum atomic E-state index is 13.1. The summed E-state index contributed by atoms with van der Waals surface area (Å²) >= 11 is 8.24. The Morgan fingerprint density at radius 2 is 0.633 bits per heavy atom.